The summed E-state index contributed by atoms with van der Waals surface area (Å²) in [5.41, 5.74) is 5.98. The second-order valence-electron chi connectivity index (χ2n) is 4.93. The Hall–Kier alpha value is -1.49. The van der Waals surface area contributed by atoms with Gasteiger partial charge in [-0.25, -0.2) is 8.78 Å². The number of nitrogens with two attached hydrogens (primary N) is 1. The van der Waals surface area contributed by atoms with Gasteiger partial charge in [-0.05, 0) is 42.9 Å². The maximum Gasteiger partial charge on any atom is 0.307 e. The van der Waals surface area contributed by atoms with Gasteiger partial charge in [0.2, 0.25) is 0 Å². The van der Waals surface area contributed by atoms with Gasteiger partial charge in [0, 0.05) is 12.6 Å². The Morgan fingerprint density at radius 1 is 1.32 bits per heavy atom. The highest BCUT2D eigenvalue weighted by molar-refractivity contribution is 5.70. The monoisotopic (exact) mass is 271 g/mol. The Bertz CT molecular complexity index is 417. The van der Waals surface area contributed by atoms with Gasteiger partial charge in [-0.3, -0.25) is 4.79 Å². The number of carbonyl (C=O) groups is 1. The third kappa shape index (κ3) is 5.34. The van der Waals surface area contributed by atoms with Gasteiger partial charge in [0.25, 0.3) is 0 Å². The van der Waals surface area contributed by atoms with Crippen LogP contribution >= 0.6 is 0 Å². The van der Waals surface area contributed by atoms with Gasteiger partial charge in [-0.2, -0.15) is 0 Å². The number of hydrogen-bond donors (Lipinski definition) is 2. The Balaban J connectivity index is 2.49. The summed E-state index contributed by atoms with van der Waals surface area (Å²) in [5, 5.41) is 8.90. The van der Waals surface area contributed by atoms with Crippen molar-refractivity contribution in [2.75, 3.05) is 6.54 Å². The van der Waals surface area contributed by atoms with E-state index in [0.717, 1.165) is 6.07 Å². The highest BCUT2D eigenvalue weighted by atomic mass is 19.1. The van der Waals surface area contributed by atoms with Crippen LogP contribution in [0.15, 0.2) is 18.2 Å². The molecule has 0 fully saturated rings. The van der Waals surface area contributed by atoms with Gasteiger partial charge in [0.15, 0.2) is 0 Å². The molecule has 2 unspecified atom stereocenters. The Kier molecular flexibility index (Phi) is 5.89. The molecule has 1 rings (SSSR count). The minimum absolute atomic E-state index is 0.105. The molecule has 0 aliphatic carbocycles. The molecule has 1 aromatic carbocycles. The predicted molar refractivity (Wildman–Crippen MR) is 68.6 cm³/mol. The van der Waals surface area contributed by atoms with Crippen LogP contribution in [-0.2, 0) is 11.2 Å². The van der Waals surface area contributed by atoms with Crippen molar-refractivity contribution in [2.24, 2.45) is 17.6 Å². The molecule has 19 heavy (non-hydrogen) atoms. The van der Waals surface area contributed by atoms with Gasteiger partial charge in [0.1, 0.15) is 11.6 Å². The first-order valence-electron chi connectivity index (χ1n) is 6.30. The minimum Gasteiger partial charge on any atom is -0.481 e. The van der Waals surface area contributed by atoms with Crippen LogP contribution in [0.1, 0.15) is 25.3 Å². The first-order valence-corrected chi connectivity index (χ1v) is 6.30. The van der Waals surface area contributed by atoms with E-state index in [1.165, 1.54) is 12.1 Å². The average Bonchev–Trinajstić information content (AvgIpc) is 2.32. The van der Waals surface area contributed by atoms with Crippen molar-refractivity contribution in [1.29, 1.82) is 0 Å². The normalized spacial score (nSPS) is 14.1. The molecule has 1 aromatic rings. The fourth-order valence-electron chi connectivity index (χ4n) is 2.07. The predicted octanol–water partition coefficient (Wildman–Crippen LogP) is 2.58. The highest BCUT2D eigenvalue weighted by Gasteiger charge is 2.18. The summed E-state index contributed by atoms with van der Waals surface area (Å²) in [6.45, 7) is 2.02. The third-order valence-electron chi connectivity index (χ3n) is 3.17. The first kappa shape index (κ1) is 15.6. The summed E-state index contributed by atoms with van der Waals surface area (Å²) in [4.78, 5) is 10.9. The van der Waals surface area contributed by atoms with Crippen molar-refractivity contribution in [3.63, 3.8) is 0 Å². The quantitative estimate of drug-likeness (QED) is 0.801. The van der Waals surface area contributed by atoms with Gasteiger partial charge < -0.3 is 10.8 Å². The molecule has 0 aliphatic rings. The van der Waals surface area contributed by atoms with Crippen LogP contribution in [0.2, 0.25) is 0 Å². The number of hydrogen-bond acceptors (Lipinski definition) is 2. The molecule has 0 aromatic heterocycles. The van der Waals surface area contributed by atoms with Crippen LogP contribution in [0.5, 0.6) is 0 Å². The second-order valence-corrected chi connectivity index (χ2v) is 4.93. The van der Waals surface area contributed by atoms with Gasteiger partial charge in [-0.1, -0.05) is 6.92 Å². The summed E-state index contributed by atoms with van der Waals surface area (Å²) in [7, 11) is 0. The number of rotatable bonds is 7. The summed E-state index contributed by atoms with van der Waals surface area (Å²) in [6.07, 6.45) is 1.67. The first-order chi connectivity index (χ1) is 8.92. The molecule has 106 valence electrons. The highest BCUT2D eigenvalue weighted by Crippen LogP contribution is 2.19. The van der Waals surface area contributed by atoms with Crippen LogP contribution in [0.25, 0.3) is 0 Å². The zero-order chi connectivity index (χ0) is 14.4. The van der Waals surface area contributed by atoms with Crippen molar-refractivity contribution < 1.29 is 18.7 Å². The Morgan fingerprint density at radius 2 is 1.89 bits per heavy atom. The minimum atomic E-state index is -0.897. The second kappa shape index (κ2) is 7.19. The van der Waals surface area contributed by atoms with Gasteiger partial charge in [-0.15, -0.1) is 0 Å². The van der Waals surface area contributed by atoms with E-state index in [1.807, 2.05) is 6.92 Å². The van der Waals surface area contributed by atoms with E-state index in [2.05, 4.69) is 0 Å². The molecule has 0 aliphatic heterocycles. The van der Waals surface area contributed by atoms with Crippen LogP contribution < -0.4 is 5.73 Å². The van der Waals surface area contributed by atoms with Crippen LogP contribution in [0, 0.1) is 23.5 Å². The lowest BCUT2D eigenvalue weighted by atomic mass is 9.91. The summed E-state index contributed by atoms with van der Waals surface area (Å²) in [5.74, 6) is -2.50. The van der Waals surface area contributed by atoms with E-state index in [0.29, 0.717) is 24.8 Å². The maximum absolute atomic E-state index is 13.0. The number of carboxylic acid groups (broad SMARTS) is 1. The van der Waals surface area contributed by atoms with Crippen molar-refractivity contribution in [2.45, 2.75) is 26.2 Å². The van der Waals surface area contributed by atoms with E-state index in [1.54, 1.807) is 0 Å². The SMILES string of the molecule is CC(CCc1cc(F)cc(F)c1)CC(CN)C(=O)O. The molecule has 0 radical (unpaired) electrons. The third-order valence-corrected chi connectivity index (χ3v) is 3.17. The lowest BCUT2D eigenvalue weighted by Crippen LogP contribution is -2.25. The van der Waals surface area contributed by atoms with E-state index in [4.69, 9.17) is 10.8 Å². The smallest absolute Gasteiger partial charge is 0.307 e. The van der Waals surface area contributed by atoms with Gasteiger partial charge >= 0.3 is 5.97 Å². The fourth-order valence-corrected chi connectivity index (χ4v) is 2.07. The topological polar surface area (TPSA) is 63.3 Å². The molecule has 0 spiro atoms. The summed E-state index contributed by atoms with van der Waals surface area (Å²) >= 11 is 0. The fraction of sp³-hybridized carbons (Fsp3) is 0.500. The number of halogens is 2. The maximum atomic E-state index is 13.0. The van der Waals surface area contributed by atoms with Crippen LogP contribution in [0.3, 0.4) is 0 Å². The summed E-state index contributed by atoms with van der Waals surface area (Å²) in [6, 6.07) is 3.43. The lowest BCUT2D eigenvalue weighted by Gasteiger charge is -2.16. The number of aryl methyl sites for hydroxylation is 1. The Labute approximate surface area is 111 Å². The Morgan fingerprint density at radius 3 is 2.37 bits per heavy atom. The van der Waals surface area contributed by atoms with Crippen molar-refractivity contribution in [3.8, 4) is 0 Å². The molecule has 3 nitrogen and oxygen atoms in total. The summed E-state index contributed by atoms with van der Waals surface area (Å²) < 4.78 is 26.0. The van der Waals surface area contributed by atoms with Crippen LogP contribution in [-0.4, -0.2) is 17.6 Å². The number of carboxylic acids is 1. The largest absolute Gasteiger partial charge is 0.481 e. The zero-order valence-electron chi connectivity index (χ0n) is 10.9. The van der Waals surface area contributed by atoms with Crippen molar-refractivity contribution in [3.05, 3.63) is 35.4 Å². The van der Waals surface area contributed by atoms with E-state index >= 15 is 0 Å². The number of aliphatic carboxylic acids is 1. The van der Waals surface area contributed by atoms with Gasteiger partial charge in [0.05, 0.1) is 5.92 Å². The molecule has 3 N–H and O–H groups in total. The molecule has 0 saturated carbocycles. The average molecular weight is 271 g/mol. The zero-order valence-corrected chi connectivity index (χ0v) is 10.9. The van der Waals surface area contributed by atoms with Crippen molar-refractivity contribution >= 4 is 5.97 Å². The molecule has 0 amide bonds. The lowest BCUT2D eigenvalue weighted by molar-refractivity contribution is -0.141. The standard InChI is InChI=1S/C14H19F2NO2/c1-9(4-11(8-17)14(18)19)2-3-10-5-12(15)7-13(16)6-10/h5-7,9,11H,2-4,8,17H2,1H3,(H,18,19). The van der Waals surface area contributed by atoms with E-state index in [-0.39, 0.29) is 12.5 Å². The molecule has 0 saturated heterocycles. The molecule has 2 atom stereocenters. The molecule has 0 bridgehead atoms. The number of benzene rings is 1. The van der Waals surface area contributed by atoms with E-state index < -0.39 is 23.5 Å². The van der Waals surface area contributed by atoms with Crippen molar-refractivity contribution in [1.82, 2.24) is 0 Å². The molecule has 0 heterocycles. The molecular weight excluding hydrogens is 252 g/mol. The van der Waals surface area contributed by atoms with E-state index in [9.17, 15) is 13.6 Å². The molecule has 5 heteroatoms. The molecular formula is C14H19F2NO2. The van der Waals surface area contributed by atoms with Crippen LogP contribution in [0.4, 0.5) is 8.78 Å².